The second-order valence-electron chi connectivity index (χ2n) is 3.96. The van der Waals surface area contributed by atoms with Gasteiger partial charge in [0, 0.05) is 12.4 Å². The second-order valence-corrected chi connectivity index (χ2v) is 3.96. The van der Waals surface area contributed by atoms with Gasteiger partial charge in [-0.1, -0.05) is 0 Å². The Kier molecular flexibility index (Phi) is 2.86. The van der Waals surface area contributed by atoms with E-state index in [2.05, 4.69) is 4.98 Å². The number of hydrogen-bond acceptors (Lipinski definition) is 3. The Morgan fingerprint density at radius 1 is 1.39 bits per heavy atom. The first-order valence-corrected chi connectivity index (χ1v) is 5.15. The van der Waals surface area contributed by atoms with Gasteiger partial charge >= 0.3 is 6.18 Å². The molecule has 0 bridgehead atoms. The van der Waals surface area contributed by atoms with Crippen molar-refractivity contribution in [2.24, 2.45) is 5.73 Å². The van der Waals surface area contributed by atoms with Crippen LogP contribution in [0, 0.1) is 0 Å². The standard InChI is InChI=1S/C11H10F3N3O/c1-6(15)10(18)8-5-17-4-7(11(12,13)14)2-3-9(17)16-8/h2-6H,15H2,1H3. The van der Waals surface area contributed by atoms with Crippen molar-refractivity contribution in [2.45, 2.75) is 19.1 Å². The number of aromatic nitrogens is 2. The Morgan fingerprint density at radius 3 is 2.61 bits per heavy atom. The Balaban J connectivity index is 2.50. The summed E-state index contributed by atoms with van der Waals surface area (Å²) in [7, 11) is 0. The van der Waals surface area contributed by atoms with E-state index >= 15 is 0 Å². The zero-order chi connectivity index (χ0) is 13.5. The summed E-state index contributed by atoms with van der Waals surface area (Å²) in [6.45, 7) is 1.49. The molecular weight excluding hydrogens is 247 g/mol. The van der Waals surface area contributed by atoms with E-state index < -0.39 is 23.6 Å². The SMILES string of the molecule is CC(N)C(=O)c1cn2cc(C(F)(F)F)ccc2n1. The number of nitrogens with two attached hydrogens (primary N) is 1. The number of pyridine rings is 1. The van der Waals surface area contributed by atoms with E-state index in [1.807, 2.05) is 0 Å². The van der Waals surface area contributed by atoms with Gasteiger partial charge < -0.3 is 10.1 Å². The van der Waals surface area contributed by atoms with Crippen LogP contribution in [0.25, 0.3) is 5.65 Å². The number of hydrogen-bond donors (Lipinski definition) is 1. The van der Waals surface area contributed by atoms with Gasteiger partial charge in [0.05, 0.1) is 11.6 Å². The lowest BCUT2D eigenvalue weighted by Gasteiger charge is -2.05. The molecule has 0 spiro atoms. The van der Waals surface area contributed by atoms with Gasteiger partial charge in [0.2, 0.25) is 0 Å². The molecule has 2 N–H and O–H groups in total. The van der Waals surface area contributed by atoms with Crippen LogP contribution >= 0.6 is 0 Å². The lowest BCUT2D eigenvalue weighted by molar-refractivity contribution is -0.137. The van der Waals surface area contributed by atoms with Crippen LogP contribution in [0.1, 0.15) is 23.0 Å². The monoisotopic (exact) mass is 257 g/mol. The van der Waals surface area contributed by atoms with Crippen LogP contribution in [-0.2, 0) is 6.18 Å². The number of carbonyl (C=O) groups is 1. The fourth-order valence-corrected chi connectivity index (χ4v) is 1.51. The molecule has 0 amide bonds. The fourth-order valence-electron chi connectivity index (χ4n) is 1.51. The molecule has 0 fully saturated rings. The summed E-state index contributed by atoms with van der Waals surface area (Å²) in [4.78, 5) is 15.5. The molecule has 0 aliphatic rings. The predicted octanol–water partition coefficient (Wildman–Crippen LogP) is 1.88. The highest BCUT2D eigenvalue weighted by molar-refractivity contribution is 5.98. The molecule has 2 aromatic rings. The summed E-state index contributed by atoms with van der Waals surface area (Å²) in [6, 6.07) is 1.39. The third-order valence-corrected chi connectivity index (χ3v) is 2.44. The Labute approximate surface area is 100 Å². The van der Waals surface area contributed by atoms with Gasteiger partial charge in [0.1, 0.15) is 11.3 Å². The average Bonchev–Trinajstić information content (AvgIpc) is 2.68. The van der Waals surface area contributed by atoms with Crippen LogP contribution in [0.4, 0.5) is 13.2 Å². The van der Waals surface area contributed by atoms with Gasteiger partial charge in [-0.15, -0.1) is 0 Å². The molecule has 1 atom stereocenters. The number of halogens is 3. The van der Waals surface area contributed by atoms with Crippen LogP contribution in [0.3, 0.4) is 0 Å². The molecule has 2 aromatic heterocycles. The number of Topliss-reactive ketones (excluding diaryl/α,β-unsaturated/α-hetero) is 1. The number of imidazole rings is 1. The predicted molar refractivity (Wildman–Crippen MR) is 58.2 cm³/mol. The van der Waals surface area contributed by atoms with Gasteiger partial charge in [0.25, 0.3) is 0 Å². The summed E-state index contributed by atoms with van der Waals surface area (Å²) >= 11 is 0. The second kappa shape index (κ2) is 4.09. The van der Waals surface area contributed by atoms with Crippen molar-refractivity contribution in [3.63, 3.8) is 0 Å². The number of carbonyl (C=O) groups excluding carboxylic acids is 1. The number of fused-ring (bicyclic) bond motifs is 1. The van der Waals surface area contributed by atoms with Crippen molar-refractivity contribution in [3.8, 4) is 0 Å². The van der Waals surface area contributed by atoms with Gasteiger partial charge in [-0.2, -0.15) is 13.2 Å². The van der Waals surface area contributed by atoms with Crippen molar-refractivity contribution in [2.75, 3.05) is 0 Å². The number of rotatable bonds is 2. The largest absolute Gasteiger partial charge is 0.417 e. The number of ketones is 1. The van der Waals surface area contributed by atoms with Crippen molar-refractivity contribution >= 4 is 11.4 Å². The number of nitrogens with zero attached hydrogens (tertiary/aromatic N) is 2. The highest BCUT2D eigenvalue weighted by atomic mass is 19.4. The zero-order valence-corrected chi connectivity index (χ0v) is 9.40. The maximum atomic E-state index is 12.5. The van der Waals surface area contributed by atoms with Gasteiger partial charge in [-0.3, -0.25) is 4.79 Å². The van der Waals surface area contributed by atoms with Crippen LogP contribution in [0.15, 0.2) is 24.5 Å². The molecule has 0 aliphatic carbocycles. The van der Waals surface area contributed by atoms with E-state index in [1.54, 1.807) is 0 Å². The van der Waals surface area contributed by atoms with E-state index in [1.165, 1.54) is 23.6 Å². The maximum absolute atomic E-state index is 12.5. The zero-order valence-electron chi connectivity index (χ0n) is 9.40. The van der Waals surface area contributed by atoms with Crippen LogP contribution in [0.5, 0.6) is 0 Å². The Morgan fingerprint density at radius 2 is 2.06 bits per heavy atom. The topological polar surface area (TPSA) is 60.4 Å². The lowest BCUT2D eigenvalue weighted by atomic mass is 10.2. The molecule has 7 heteroatoms. The molecular formula is C11H10F3N3O. The molecule has 0 aliphatic heterocycles. The molecule has 0 saturated carbocycles. The molecule has 18 heavy (non-hydrogen) atoms. The molecule has 0 saturated heterocycles. The van der Waals surface area contributed by atoms with E-state index in [0.29, 0.717) is 0 Å². The molecule has 2 rings (SSSR count). The summed E-state index contributed by atoms with van der Waals surface area (Å²) in [6.07, 6.45) is -2.29. The van der Waals surface area contributed by atoms with Crippen molar-refractivity contribution in [1.29, 1.82) is 0 Å². The molecule has 2 heterocycles. The average molecular weight is 257 g/mol. The summed E-state index contributed by atoms with van der Waals surface area (Å²) in [5.74, 6) is -0.410. The van der Waals surface area contributed by atoms with E-state index in [4.69, 9.17) is 5.73 Å². The normalized spacial score (nSPS) is 13.8. The number of alkyl halides is 3. The van der Waals surface area contributed by atoms with Gasteiger partial charge in [-0.25, -0.2) is 4.98 Å². The third kappa shape index (κ3) is 2.21. The summed E-state index contributed by atoms with van der Waals surface area (Å²) < 4.78 is 38.6. The van der Waals surface area contributed by atoms with E-state index in [0.717, 1.165) is 12.3 Å². The first-order valence-electron chi connectivity index (χ1n) is 5.15. The molecule has 0 aromatic carbocycles. The van der Waals surface area contributed by atoms with Gasteiger partial charge in [-0.05, 0) is 19.1 Å². The summed E-state index contributed by atoms with van der Waals surface area (Å²) in [5, 5.41) is 0. The Hall–Kier alpha value is -1.89. The molecule has 0 radical (unpaired) electrons. The van der Waals surface area contributed by atoms with E-state index in [9.17, 15) is 18.0 Å². The highest BCUT2D eigenvalue weighted by Gasteiger charge is 2.31. The van der Waals surface area contributed by atoms with Crippen molar-refractivity contribution < 1.29 is 18.0 Å². The minimum atomic E-state index is -4.43. The molecule has 1 unspecified atom stereocenters. The minimum Gasteiger partial charge on any atom is -0.321 e. The van der Waals surface area contributed by atoms with Crippen LogP contribution < -0.4 is 5.73 Å². The Bertz CT molecular complexity index is 601. The smallest absolute Gasteiger partial charge is 0.321 e. The first kappa shape index (κ1) is 12.6. The van der Waals surface area contributed by atoms with E-state index in [-0.39, 0.29) is 11.3 Å². The molecule has 4 nitrogen and oxygen atoms in total. The van der Waals surface area contributed by atoms with Crippen LogP contribution in [0.2, 0.25) is 0 Å². The maximum Gasteiger partial charge on any atom is 0.417 e. The first-order chi connectivity index (χ1) is 8.29. The highest BCUT2D eigenvalue weighted by Crippen LogP contribution is 2.29. The lowest BCUT2D eigenvalue weighted by Crippen LogP contribution is -2.26. The van der Waals surface area contributed by atoms with Crippen LogP contribution in [-0.4, -0.2) is 21.2 Å². The third-order valence-electron chi connectivity index (χ3n) is 2.44. The minimum absolute atomic E-state index is 0.0596. The van der Waals surface area contributed by atoms with Crippen molar-refractivity contribution in [1.82, 2.24) is 9.38 Å². The quantitative estimate of drug-likeness (QED) is 0.835. The molecule has 96 valence electrons. The summed E-state index contributed by atoms with van der Waals surface area (Å²) in [5.41, 5.74) is 4.94. The van der Waals surface area contributed by atoms with Crippen molar-refractivity contribution in [3.05, 3.63) is 35.8 Å². The van der Waals surface area contributed by atoms with Gasteiger partial charge in [0.15, 0.2) is 5.78 Å². The fraction of sp³-hybridized carbons (Fsp3) is 0.273.